The zero-order chi connectivity index (χ0) is 14.3. The number of benzene rings is 1. The van der Waals surface area contributed by atoms with Crippen molar-refractivity contribution in [2.45, 2.75) is 45.6 Å². The molecule has 1 atom stereocenters. The maximum absolute atomic E-state index is 10.8. The van der Waals surface area contributed by atoms with Crippen molar-refractivity contribution in [3.63, 3.8) is 0 Å². The quantitative estimate of drug-likeness (QED) is 0.848. The second-order valence-corrected chi connectivity index (χ2v) is 7.60. The van der Waals surface area contributed by atoms with E-state index < -0.39 is 5.60 Å². The summed E-state index contributed by atoms with van der Waals surface area (Å²) in [5.41, 5.74) is 1.47. The van der Waals surface area contributed by atoms with E-state index in [1.54, 1.807) is 11.3 Å². The fraction of sp³-hybridized carbons (Fsp3) is 0.412. The first-order chi connectivity index (χ1) is 8.71. The molecule has 1 aromatic carbocycles. The highest BCUT2D eigenvalue weighted by Crippen LogP contribution is 2.34. The molecule has 2 heteroatoms. The third-order valence-corrected chi connectivity index (χ3v) is 4.74. The molecular weight excluding hydrogens is 252 g/mol. The number of aliphatic hydroxyl groups is 1. The van der Waals surface area contributed by atoms with Crippen LogP contribution in [0.2, 0.25) is 0 Å². The Morgan fingerprint density at radius 2 is 1.37 bits per heavy atom. The van der Waals surface area contributed by atoms with Crippen molar-refractivity contribution in [3.8, 4) is 0 Å². The Morgan fingerprint density at radius 3 is 1.79 bits per heavy atom. The van der Waals surface area contributed by atoms with E-state index in [2.05, 4.69) is 45.9 Å². The maximum Gasteiger partial charge on any atom is 0.121 e. The Kier molecular flexibility index (Phi) is 3.59. The van der Waals surface area contributed by atoms with Crippen molar-refractivity contribution in [3.05, 3.63) is 57.3 Å². The fourth-order valence-corrected chi connectivity index (χ4v) is 3.07. The SMILES string of the molecule is Cc1ccc(C(C)(O)c2ccc(C(C)(C)C)cc2)s1. The third-order valence-electron chi connectivity index (χ3n) is 3.53. The van der Waals surface area contributed by atoms with Gasteiger partial charge < -0.3 is 5.11 Å². The van der Waals surface area contributed by atoms with Crippen LogP contribution in [0, 0.1) is 6.92 Å². The third kappa shape index (κ3) is 2.90. The van der Waals surface area contributed by atoms with Crippen LogP contribution in [-0.2, 0) is 11.0 Å². The van der Waals surface area contributed by atoms with Gasteiger partial charge in [-0.05, 0) is 42.5 Å². The number of rotatable bonds is 2. The van der Waals surface area contributed by atoms with E-state index in [-0.39, 0.29) is 5.41 Å². The van der Waals surface area contributed by atoms with Crippen LogP contribution in [-0.4, -0.2) is 5.11 Å². The van der Waals surface area contributed by atoms with Crippen LogP contribution in [0.15, 0.2) is 36.4 Å². The van der Waals surface area contributed by atoms with Crippen molar-refractivity contribution >= 4 is 11.3 Å². The second kappa shape index (κ2) is 4.77. The zero-order valence-corrected chi connectivity index (χ0v) is 13.1. The summed E-state index contributed by atoms with van der Waals surface area (Å²) >= 11 is 1.65. The predicted octanol–water partition coefficient (Wildman–Crippen LogP) is 4.61. The first kappa shape index (κ1) is 14.3. The van der Waals surface area contributed by atoms with Gasteiger partial charge in [-0.15, -0.1) is 11.3 Å². The smallest absolute Gasteiger partial charge is 0.121 e. The van der Waals surface area contributed by atoms with Gasteiger partial charge in [0.25, 0.3) is 0 Å². The summed E-state index contributed by atoms with van der Waals surface area (Å²) in [6.07, 6.45) is 0. The van der Waals surface area contributed by atoms with Gasteiger partial charge in [-0.3, -0.25) is 0 Å². The highest BCUT2D eigenvalue weighted by molar-refractivity contribution is 7.12. The van der Waals surface area contributed by atoms with Gasteiger partial charge in [0.2, 0.25) is 0 Å². The molecule has 1 N–H and O–H groups in total. The first-order valence-corrected chi connectivity index (χ1v) is 7.43. The highest BCUT2D eigenvalue weighted by Gasteiger charge is 2.27. The molecule has 0 aliphatic heterocycles. The Bertz CT molecular complexity index is 556. The van der Waals surface area contributed by atoms with Gasteiger partial charge >= 0.3 is 0 Å². The summed E-state index contributed by atoms with van der Waals surface area (Å²) in [6.45, 7) is 10.5. The Hall–Kier alpha value is -1.12. The lowest BCUT2D eigenvalue weighted by Crippen LogP contribution is -2.21. The summed E-state index contributed by atoms with van der Waals surface area (Å²) in [6, 6.07) is 12.4. The van der Waals surface area contributed by atoms with Gasteiger partial charge in [0, 0.05) is 9.75 Å². The molecule has 0 fully saturated rings. The van der Waals surface area contributed by atoms with E-state index in [0.717, 1.165) is 10.4 Å². The number of thiophene rings is 1. The predicted molar refractivity (Wildman–Crippen MR) is 82.9 cm³/mol. The normalized spacial score (nSPS) is 15.3. The maximum atomic E-state index is 10.8. The van der Waals surface area contributed by atoms with E-state index >= 15 is 0 Å². The molecule has 19 heavy (non-hydrogen) atoms. The van der Waals surface area contributed by atoms with Gasteiger partial charge in [-0.1, -0.05) is 45.0 Å². The molecule has 1 unspecified atom stereocenters. The summed E-state index contributed by atoms with van der Waals surface area (Å²) in [7, 11) is 0. The van der Waals surface area contributed by atoms with E-state index in [9.17, 15) is 5.11 Å². The minimum absolute atomic E-state index is 0.143. The Labute approximate surface area is 119 Å². The Balaban J connectivity index is 2.36. The van der Waals surface area contributed by atoms with Crippen LogP contribution in [0.1, 0.15) is 48.6 Å². The van der Waals surface area contributed by atoms with Gasteiger partial charge in [0.15, 0.2) is 0 Å². The molecule has 0 amide bonds. The van der Waals surface area contributed by atoms with Crippen molar-refractivity contribution in [2.75, 3.05) is 0 Å². The number of aryl methyl sites for hydroxylation is 1. The van der Waals surface area contributed by atoms with Gasteiger partial charge in [-0.25, -0.2) is 0 Å². The van der Waals surface area contributed by atoms with Gasteiger partial charge in [-0.2, -0.15) is 0 Å². The van der Waals surface area contributed by atoms with Crippen molar-refractivity contribution < 1.29 is 5.11 Å². The molecule has 2 aromatic rings. The van der Waals surface area contributed by atoms with Crippen LogP contribution in [0.25, 0.3) is 0 Å². The lowest BCUT2D eigenvalue weighted by Gasteiger charge is -2.25. The minimum atomic E-state index is -0.907. The number of hydrogen-bond acceptors (Lipinski definition) is 2. The summed E-state index contributed by atoms with van der Waals surface area (Å²) < 4.78 is 0. The van der Waals surface area contributed by atoms with Crippen LogP contribution in [0.4, 0.5) is 0 Å². The average molecular weight is 274 g/mol. The zero-order valence-electron chi connectivity index (χ0n) is 12.3. The molecule has 0 saturated carbocycles. The largest absolute Gasteiger partial charge is 0.380 e. The molecule has 1 aromatic heterocycles. The molecule has 0 aliphatic carbocycles. The molecule has 102 valence electrons. The first-order valence-electron chi connectivity index (χ1n) is 6.61. The van der Waals surface area contributed by atoms with Crippen molar-refractivity contribution in [1.29, 1.82) is 0 Å². The summed E-state index contributed by atoms with van der Waals surface area (Å²) in [4.78, 5) is 2.22. The van der Waals surface area contributed by atoms with Crippen LogP contribution < -0.4 is 0 Å². The van der Waals surface area contributed by atoms with E-state index in [0.29, 0.717) is 0 Å². The Morgan fingerprint density at radius 1 is 0.842 bits per heavy atom. The molecule has 2 rings (SSSR count). The topological polar surface area (TPSA) is 20.2 Å². The average Bonchev–Trinajstić information content (AvgIpc) is 2.76. The molecule has 1 heterocycles. The molecule has 1 nitrogen and oxygen atoms in total. The lowest BCUT2D eigenvalue weighted by atomic mass is 9.85. The number of hydrogen-bond donors (Lipinski definition) is 1. The van der Waals surface area contributed by atoms with Gasteiger partial charge in [0.05, 0.1) is 0 Å². The van der Waals surface area contributed by atoms with Crippen LogP contribution in [0.5, 0.6) is 0 Å². The highest BCUT2D eigenvalue weighted by atomic mass is 32.1. The van der Waals surface area contributed by atoms with Crippen LogP contribution >= 0.6 is 11.3 Å². The summed E-state index contributed by atoms with van der Waals surface area (Å²) in [5.74, 6) is 0. The second-order valence-electron chi connectivity index (χ2n) is 6.31. The summed E-state index contributed by atoms with van der Waals surface area (Å²) in [5, 5.41) is 10.8. The molecular formula is C17H22OS. The van der Waals surface area contributed by atoms with Crippen molar-refractivity contribution in [1.82, 2.24) is 0 Å². The molecule has 0 radical (unpaired) electrons. The lowest BCUT2D eigenvalue weighted by molar-refractivity contribution is 0.106. The monoisotopic (exact) mass is 274 g/mol. The standard InChI is InChI=1S/C17H22OS/c1-12-6-11-15(19-12)17(5,18)14-9-7-13(8-10-14)16(2,3)4/h6-11,18H,1-5H3. The fourth-order valence-electron chi connectivity index (χ4n) is 2.13. The molecule has 0 bridgehead atoms. The van der Waals surface area contributed by atoms with Crippen molar-refractivity contribution in [2.24, 2.45) is 0 Å². The van der Waals surface area contributed by atoms with E-state index in [1.165, 1.54) is 10.4 Å². The van der Waals surface area contributed by atoms with Crippen LogP contribution in [0.3, 0.4) is 0 Å². The molecule has 0 spiro atoms. The van der Waals surface area contributed by atoms with E-state index in [4.69, 9.17) is 0 Å². The van der Waals surface area contributed by atoms with E-state index in [1.807, 2.05) is 25.1 Å². The minimum Gasteiger partial charge on any atom is -0.380 e. The molecule has 0 aliphatic rings. The van der Waals surface area contributed by atoms with Gasteiger partial charge in [0.1, 0.15) is 5.60 Å². The molecule has 0 saturated heterocycles.